The predicted octanol–water partition coefficient (Wildman–Crippen LogP) is 3.00. The summed E-state index contributed by atoms with van der Waals surface area (Å²) < 4.78 is 40.0. The highest BCUT2D eigenvalue weighted by Gasteiger charge is 2.24. The predicted molar refractivity (Wildman–Crippen MR) is 79.4 cm³/mol. The first-order valence-corrected chi connectivity index (χ1v) is 8.42. The van der Waals surface area contributed by atoms with E-state index in [1.807, 2.05) is 13.8 Å². The van der Waals surface area contributed by atoms with Crippen molar-refractivity contribution in [3.63, 3.8) is 0 Å². The molecule has 4 nitrogen and oxygen atoms in total. The maximum atomic E-state index is 13.5. The van der Waals surface area contributed by atoms with Crippen molar-refractivity contribution in [2.24, 2.45) is 0 Å². The molecule has 20 heavy (non-hydrogen) atoms. The largest absolute Gasteiger partial charge is 0.396 e. The van der Waals surface area contributed by atoms with Gasteiger partial charge in [0.15, 0.2) is 0 Å². The molecule has 1 rings (SSSR count). The highest BCUT2D eigenvalue weighted by atomic mass is 32.2. The molecule has 1 aromatic rings. The van der Waals surface area contributed by atoms with Crippen molar-refractivity contribution in [3.05, 3.63) is 24.0 Å². The minimum absolute atomic E-state index is 0.0311. The summed E-state index contributed by atoms with van der Waals surface area (Å²) >= 11 is 0. The van der Waals surface area contributed by atoms with Gasteiger partial charge in [-0.3, -0.25) is 0 Å². The molecule has 0 radical (unpaired) electrons. The third-order valence-corrected chi connectivity index (χ3v) is 5.03. The number of nitrogens with zero attached hydrogens (tertiary/aromatic N) is 1. The molecule has 1 aromatic carbocycles. The Kier molecular flexibility index (Phi) is 6.42. The topological polar surface area (TPSA) is 63.4 Å². The first-order valence-electron chi connectivity index (χ1n) is 6.98. The van der Waals surface area contributed by atoms with Crippen LogP contribution in [0.5, 0.6) is 0 Å². The van der Waals surface area contributed by atoms with Crippen LogP contribution in [0, 0.1) is 5.82 Å². The minimum atomic E-state index is -3.65. The Bertz CT molecular complexity index is 524. The molecule has 0 saturated heterocycles. The number of rotatable bonds is 8. The molecule has 0 aromatic heterocycles. The van der Waals surface area contributed by atoms with Crippen LogP contribution in [0.4, 0.5) is 10.1 Å². The summed E-state index contributed by atoms with van der Waals surface area (Å²) in [5.41, 5.74) is 5.34. The maximum Gasteiger partial charge on any atom is 0.243 e. The number of hydrogen-bond acceptors (Lipinski definition) is 3. The van der Waals surface area contributed by atoms with Crippen LogP contribution in [0.3, 0.4) is 0 Å². The molecule has 0 spiro atoms. The molecular formula is C14H23FN2O2S. The molecule has 6 heteroatoms. The van der Waals surface area contributed by atoms with Crippen LogP contribution in [0.15, 0.2) is 23.1 Å². The Hall–Kier alpha value is -1.14. The van der Waals surface area contributed by atoms with Gasteiger partial charge in [-0.15, -0.1) is 0 Å². The summed E-state index contributed by atoms with van der Waals surface area (Å²) in [6, 6.07) is 3.65. The Balaban J connectivity index is 3.03. The lowest BCUT2D eigenvalue weighted by Crippen LogP contribution is -2.33. The van der Waals surface area contributed by atoms with E-state index in [0.29, 0.717) is 13.1 Å². The fraction of sp³-hybridized carbons (Fsp3) is 0.571. The molecule has 0 aliphatic rings. The van der Waals surface area contributed by atoms with E-state index in [2.05, 4.69) is 0 Å². The van der Waals surface area contributed by atoms with Gasteiger partial charge in [-0.05, 0) is 31.0 Å². The van der Waals surface area contributed by atoms with Gasteiger partial charge in [-0.25, -0.2) is 12.8 Å². The second kappa shape index (κ2) is 7.59. The molecular weight excluding hydrogens is 279 g/mol. The van der Waals surface area contributed by atoms with Crippen molar-refractivity contribution >= 4 is 15.7 Å². The van der Waals surface area contributed by atoms with E-state index >= 15 is 0 Å². The Morgan fingerprint density at radius 2 is 1.70 bits per heavy atom. The number of nitrogen functional groups attached to an aromatic ring is 1. The van der Waals surface area contributed by atoms with Gasteiger partial charge in [0.2, 0.25) is 10.0 Å². The first kappa shape index (κ1) is 16.9. The molecule has 2 N–H and O–H groups in total. The van der Waals surface area contributed by atoms with E-state index in [4.69, 9.17) is 5.73 Å². The van der Waals surface area contributed by atoms with Gasteiger partial charge >= 0.3 is 0 Å². The summed E-state index contributed by atoms with van der Waals surface area (Å²) in [5, 5.41) is 0. The molecule has 0 bridgehead atoms. The van der Waals surface area contributed by atoms with E-state index in [0.717, 1.165) is 31.7 Å². The molecule has 0 saturated carbocycles. The van der Waals surface area contributed by atoms with Crippen molar-refractivity contribution in [2.45, 2.75) is 44.4 Å². The Morgan fingerprint density at radius 3 is 2.15 bits per heavy atom. The lowest BCUT2D eigenvalue weighted by atomic mass is 10.3. The molecule has 0 heterocycles. The van der Waals surface area contributed by atoms with Gasteiger partial charge < -0.3 is 5.73 Å². The molecule has 0 fully saturated rings. The van der Waals surface area contributed by atoms with Crippen LogP contribution in [-0.4, -0.2) is 25.8 Å². The lowest BCUT2D eigenvalue weighted by Gasteiger charge is -2.22. The summed E-state index contributed by atoms with van der Waals surface area (Å²) in [7, 11) is -3.65. The number of unbranched alkanes of at least 4 members (excludes halogenated alkanes) is 2. The van der Waals surface area contributed by atoms with Crippen LogP contribution in [0.2, 0.25) is 0 Å². The summed E-state index contributed by atoms with van der Waals surface area (Å²) in [4.78, 5) is -0.0311. The van der Waals surface area contributed by atoms with Gasteiger partial charge in [0, 0.05) is 13.1 Å². The van der Waals surface area contributed by atoms with Gasteiger partial charge in [0.25, 0.3) is 0 Å². The highest BCUT2D eigenvalue weighted by Crippen LogP contribution is 2.21. The van der Waals surface area contributed by atoms with E-state index in [1.165, 1.54) is 16.4 Å². The average Bonchev–Trinajstić information content (AvgIpc) is 2.41. The monoisotopic (exact) mass is 302 g/mol. The molecule has 0 aliphatic carbocycles. The van der Waals surface area contributed by atoms with Gasteiger partial charge in [0.05, 0.1) is 10.6 Å². The zero-order valence-electron chi connectivity index (χ0n) is 12.1. The van der Waals surface area contributed by atoms with Crippen molar-refractivity contribution in [2.75, 3.05) is 18.8 Å². The van der Waals surface area contributed by atoms with E-state index in [9.17, 15) is 12.8 Å². The SMILES string of the molecule is CCCCN(CCCC)S(=O)(=O)c1ccc(N)c(F)c1. The van der Waals surface area contributed by atoms with Crippen molar-refractivity contribution in [1.29, 1.82) is 0 Å². The number of benzene rings is 1. The summed E-state index contributed by atoms with van der Waals surface area (Å²) in [6.45, 7) is 4.94. The molecule has 0 atom stereocenters. The lowest BCUT2D eigenvalue weighted by molar-refractivity contribution is 0.395. The minimum Gasteiger partial charge on any atom is -0.396 e. The second-order valence-corrected chi connectivity index (χ2v) is 6.73. The number of sulfonamides is 1. The van der Waals surface area contributed by atoms with E-state index in [-0.39, 0.29) is 10.6 Å². The Morgan fingerprint density at radius 1 is 1.15 bits per heavy atom. The number of hydrogen-bond donors (Lipinski definition) is 1. The van der Waals surface area contributed by atoms with E-state index in [1.54, 1.807) is 0 Å². The third kappa shape index (κ3) is 4.18. The van der Waals surface area contributed by atoms with Crippen LogP contribution in [-0.2, 0) is 10.0 Å². The molecule has 0 aliphatic heterocycles. The molecule has 114 valence electrons. The van der Waals surface area contributed by atoms with Crippen molar-refractivity contribution in [1.82, 2.24) is 4.31 Å². The molecule has 0 unspecified atom stereocenters. The third-order valence-electron chi connectivity index (χ3n) is 3.13. The summed E-state index contributed by atoms with van der Waals surface area (Å²) in [5.74, 6) is -0.697. The second-order valence-electron chi connectivity index (χ2n) is 4.79. The zero-order chi connectivity index (χ0) is 15.2. The number of halogens is 1. The van der Waals surface area contributed by atoms with Crippen LogP contribution in [0.25, 0.3) is 0 Å². The smallest absolute Gasteiger partial charge is 0.243 e. The quantitative estimate of drug-likeness (QED) is 0.751. The van der Waals surface area contributed by atoms with Crippen LogP contribution in [0.1, 0.15) is 39.5 Å². The van der Waals surface area contributed by atoms with Crippen molar-refractivity contribution in [3.8, 4) is 0 Å². The fourth-order valence-corrected chi connectivity index (χ4v) is 3.37. The average molecular weight is 302 g/mol. The highest BCUT2D eigenvalue weighted by molar-refractivity contribution is 7.89. The van der Waals surface area contributed by atoms with Crippen LogP contribution >= 0.6 is 0 Å². The number of anilines is 1. The number of nitrogens with two attached hydrogens (primary N) is 1. The van der Waals surface area contributed by atoms with Gasteiger partial charge in [-0.1, -0.05) is 26.7 Å². The summed E-state index contributed by atoms with van der Waals surface area (Å²) in [6.07, 6.45) is 3.41. The fourth-order valence-electron chi connectivity index (χ4n) is 1.84. The normalized spacial score (nSPS) is 12.0. The zero-order valence-corrected chi connectivity index (χ0v) is 12.9. The maximum absolute atomic E-state index is 13.5. The van der Waals surface area contributed by atoms with Crippen LogP contribution < -0.4 is 5.73 Å². The first-order chi connectivity index (χ1) is 9.43. The Labute approximate surface area is 120 Å². The standard InChI is InChI=1S/C14H23FN2O2S/c1-3-5-9-17(10-6-4-2)20(18,19)12-7-8-14(16)13(15)11-12/h7-8,11H,3-6,9-10,16H2,1-2H3. The van der Waals surface area contributed by atoms with Gasteiger partial charge in [0.1, 0.15) is 5.82 Å². The van der Waals surface area contributed by atoms with Gasteiger partial charge in [-0.2, -0.15) is 4.31 Å². The van der Waals surface area contributed by atoms with E-state index < -0.39 is 15.8 Å². The molecule has 0 amide bonds. The van der Waals surface area contributed by atoms with Crippen molar-refractivity contribution < 1.29 is 12.8 Å².